The molecule has 1 aromatic heterocycles. The minimum Gasteiger partial charge on any atom is -0.383 e. The molecule has 6 heteroatoms. The van der Waals surface area contributed by atoms with Crippen LogP contribution in [0.15, 0.2) is 77.8 Å². The standard InChI is InChI=1S/C22H25N3O2S/c1-17(2)19-8-11-21(12-9-19)28(26,27)25-22-13-10-20(16-24-22)23-15-14-18-6-4-3-5-7-18/h3-13,16-17,23H,14-15H2,1-2H3,(H,24,25). The summed E-state index contributed by atoms with van der Waals surface area (Å²) in [6.45, 7) is 4.92. The molecule has 146 valence electrons. The number of benzene rings is 2. The lowest BCUT2D eigenvalue weighted by molar-refractivity contribution is 0.601. The Kier molecular flexibility index (Phi) is 6.31. The maximum absolute atomic E-state index is 12.5. The van der Waals surface area contributed by atoms with Crippen LogP contribution < -0.4 is 10.0 Å². The average Bonchev–Trinajstić information content (AvgIpc) is 2.70. The normalized spacial score (nSPS) is 11.4. The molecule has 0 saturated carbocycles. The van der Waals surface area contributed by atoms with Gasteiger partial charge in [-0.25, -0.2) is 13.4 Å². The van der Waals surface area contributed by atoms with E-state index < -0.39 is 10.0 Å². The molecule has 1 heterocycles. The third-order valence-corrected chi connectivity index (χ3v) is 5.82. The van der Waals surface area contributed by atoms with Gasteiger partial charge in [-0.3, -0.25) is 4.72 Å². The molecule has 0 unspecified atom stereocenters. The Labute approximate surface area is 166 Å². The molecule has 0 radical (unpaired) electrons. The Hall–Kier alpha value is -2.86. The van der Waals surface area contributed by atoms with Crippen LogP contribution in [-0.4, -0.2) is 19.9 Å². The summed E-state index contributed by atoms with van der Waals surface area (Å²) in [7, 11) is -3.65. The summed E-state index contributed by atoms with van der Waals surface area (Å²) in [6, 6.07) is 20.6. The van der Waals surface area contributed by atoms with E-state index in [4.69, 9.17) is 0 Å². The summed E-state index contributed by atoms with van der Waals surface area (Å²) in [5.74, 6) is 0.648. The predicted molar refractivity (Wildman–Crippen MR) is 114 cm³/mol. The molecule has 0 saturated heterocycles. The van der Waals surface area contributed by atoms with Gasteiger partial charge >= 0.3 is 0 Å². The number of pyridine rings is 1. The minimum absolute atomic E-state index is 0.226. The van der Waals surface area contributed by atoms with Gasteiger partial charge in [0, 0.05) is 6.54 Å². The van der Waals surface area contributed by atoms with Gasteiger partial charge in [-0.15, -0.1) is 0 Å². The summed E-state index contributed by atoms with van der Waals surface area (Å²) in [4.78, 5) is 4.43. The van der Waals surface area contributed by atoms with Crippen molar-refractivity contribution >= 4 is 21.5 Å². The zero-order valence-corrected chi connectivity index (χ0v) is 16.9. The van der Waals surface area contributed by atoms with Gasteiger partial charge in [-0.2, -0.15) is 0 Å². The summed E-state index contributed by atoms with van der Waals surface area (Å²) < 4.78 is 27.6. The van der Waals surface area contributed by atoms with E-state index in [1.807, 2.05) is 36.4 Å². The summed E-state index contributed by atoms with van der Waals surface area (Å²) >= 11 is 0. The third kappa shape index (κ3) is 5.33. The van der Waals surface area contributed by atoms with Crippen molar-refractivity contribution in [2.24, 2.45) is 0 Å². The number of nitrogens with one attached hydrogen (secondary N) is 2. The molecular formula is C22H25N3O2S. The van der Waals surface area contributed by atoms with Crippen molar-refractivity contribution in [2.75, 3.05) is 16.6 Å². The van der Waals surface area contributed by atoms with Crippen molar-refractivity contribution in [3.05, 3.63) is 84.1 Å². The maximum Gasteiger partial charge on any atom is 0.263 e. The van der Waals surface area contributed by atoms with E-state index in [0.717, 1.165) is 24.2 Å². The number of hydrogen-bond donors (Lipinski definition) is 2. The van der Waals surface area contributed by atoms with Crippen LogP contribution in [0, 0.1) is 0 Å². The number of sulfonamides is 1. The molecule has 3 aromatic rings. The Bertz CT molecular complexity index is 984. The molecule has 0 aliphatic heterocycles. The van der Waals surface area contributed by atoms with Crippen LogP contribution in [0.5, 0.6) is 0 Å². The molecule has 0 aliphatic carbocycles. The quantitative estimate of drug-likeness (QED) is 0.582. The smallest absolute Gasteiger partial charge is 0.263 e. The second-order valence-corrected chi connectivity index (χ2v) is 8.61. The average molecular weight is 396 g/mol. The Balaban J connectivity index is 1.58. The highest BCUT2D eigenvalue weighted by Crippen LogP contribution is 2.19. The molecule has 28 heavy (non-hydrogen) atoms. The third-order valence-electron chi connectivity index (χ3n) is 4.45. The first kappa shape index (κ1) is 19.9. The van der Waals surface area contributed by atoms with Crippen LogP contribution in [0.4, 0.5) is 11.5 Å². The Morgan fingerprint density at radius 3 is 2.25 bits per heavy atom. The lowest BCUT2D eigenvalue weighted by Crippen LogP contribution is -2.14. The van der Waals surface area contributed by atoms with E-state index in [1.165, 1.54) is 5.56 Å². The van der Waals surface area contributed by atoms with Gasteiger partial charge in [0.15, 0.2) is 0 Å². The van der Waals surface area contributed by atoms with Crippen LogP contribution in [0.3, 0.4) is 0 Å². The van der Waals surface area contributed by atoms with E-state index in [1.54, 1.807) is 24.4 Å². The zero-order valence-electron chi connectivity index (χ0n) is 16.1. The topological polar surface area (TPSA) is 71.1 Å². The van der Waals surface area contributed by atoms with Crippen LogP contribution in [0.1, 0.15) is 30.9 Å². The van der Waals surface area contributed by atoms with Gasteiger partial charge in [0.05, 0.1) is 16.8 Å². The first-order valence-electron chi connectivity index (χ1n) is 9.31. The largest absolute Gasteiger partial charge is 0.383 e. The highest BCUT2D eigenvalue weighted by molar-refractivity contribution is 7.92. The van der Waals surface area contributed by atoms with E-state index >= 15 is 0 Å². The van der Waals surface area contributed by atoms with Crippen LogP contribution in [0.2, 0.25) is 0 Å². The van der Waals surface area contributed by atoms with Gasteiger partial charge in [-0.1, -0.05) is 56.3 Å². The van der Waals surface area contributed by atoms with Crippen LogP contribution in [-0.2, 0) is 16.4 Å². The van der Waals surface area contributed by atoms with Crippen LogP contribution >= 0.6 is 0 Å². The summed E-state index contributed by atoms with van der Waals surface area (Å²) in [6.07, 6.45) is 2.53. The lowest BCUT2D eigenvalue weighted by Gasteiger charge is -2.10. The van der Waals surface area contributed by atoms with Crippen molar-refractivity contribution in [2.45, 2.75) is 31.1 Å². The molecule has 2 N–H and O–H groups in total. The second kappa shape index (κ2) is 8.89. The van der Waals surface area contributed by atoms with Gasteiger partial charge in [-0.05, 0) is 47.7 Å². The molecule has 0 aliphatic rings. The van der Waals surface area contributed by atoms with Crippen LogP contribution in [0.25, 0.3) is 0 Å². The Morgan fingerprint density at radius 1 is 0.929 bits per heavy atom. The fourth-order valence-corrected chi connectivity index (χ4v) is 3.79. The van der Waals surface area contributed by atoms with Crippen molar-refractivity contribution < 1.29 is 8.42 Å². The van der Waals surface area contributed by atoms with E-state index in [-0.39, 0.29) is 4.90 Å². The zero-order chi connectivity index (χ0) is 20.0. The highest BCUT2D eigenvalue weighted by Gasteiger charge is 2.15. The SMILES string of the molecule is CC(C)c1ccc(S(=O)(=O)Nc2ccc(NCCc3ccccc3)cn2)cc1. The highest BCUT2D eigenvalue weighted by atomic mass is 32.2. The van der Waals surface area contributed by atoms with Crippen molar-refractivity contribution in [3.8, 4) is 0 Å². The van der Waals surface area contributed by atoms with E-state index in [2.05, 4.69) is 41.0 Å². The molecule has 0 spiro atoms. The molecular weight excluding hydrogens is 370 g/mol. The fourth-order valence-electron chi connectivity index (χ4n) is 2.78. The number of nitrogens with zero attached hydrogens (tertiary/aromatic N) is 1. The number of aromatic nitrogens is 1. The number of anilines is 2. The van der Waals surface area contributed by atoms with Crippen molar-refractivity contribution in [1.29, 1.82) is 0 Å². The minimum atomic E-state index is -3.65. The molecule has 0 amide bonds. The van der Waals surface area contributed by atoms with Gasteiger partial charge < -0.3 is 5.32 Å². The summed E-state index contributed by atoms with van der Waals surface area (Å²) in [5, 5.41) is 3.29. The number of hydrogen-bond acceptors (Lipinski definition) is 4. The van der Waals surface area contributed by atoms with Crippen molar-refractivity contribution in [3.63, 3.8) is 0 Å². The van der Waals surface area contributed by atoms with Crippen molar-refractivity contribution in [1.82, 2.24) is 4.98 Å². The second-order valence-electron chi connectivity index (χ2n) is 6.92. The van der Waals surface area contributed by atoms with Gasteiger partial charge in [0.1, 0.15) is 5.82 Å². The first-order valence-corrected chi connectivity index (χ1v) is 10.8. The molecule has 0 bridgehead atoms. The van der Waals surface area contributed by atoms with E-state index in [0.29, 0.717) is 11.7 Å². The lowest BCUT2D eigenvalue weighted by atomic mass is 10.0. The molecule has 2 aromatic carbocycles. The monoisotopic (exact) mass is 395 g/mol. The number of rotatable bonds is 8. The first-order chi connectivity index (χ1) is 13.4. The van der Waals surface area contributed by atoms with Gasteiger partial charge in [0.2, 0.25) is 0 Å². The molecule has 0 fully saturated rings. The molecule has 0 atom stereocenters. The maximum atomic E-state index is 12.5. The molecule has 3 rings (SSSR count). The molecule has 5 nitrogen and oxygen atoms in total. The Morgan fingerprint density at radius 2 is 1.64 bits per heavy atom. The summed E-state index contributed by atoms with van der Waals surface area (Å²) in [5.41, 5.74) is 3.21. The van der Waals surface area contributed by atoms with E-state index in [9.17, 15) is 8.42 Å². The fraction of sp³-hybridized carbons (Fsp3) is 0.227. The predicted octanol–water partition coefficient (Wildman–Crippen LogP) is 4.66. The van der Waals surface area contributed by atoms with Gasteiger partial charge in [0.25, 0.3) is 10.0 Å².